The quantitative estimate of drug-likeness (QED) is 0.848. The number of nitrogens with zero attached hydrogens (tertiary/aromatic N) is 1. The average molecular weight is 305 g/mol. The van der Waals surface area contributed by atoms with Crippen molar-refractivity contribution in [2.24, 2.45) is 11.7 Å². The number of ether oxygens (including phenoxy) is 1. The minimum atomic E-state index is -0.243. The molecule has 2 N–H and O–H groups in total. The van der Waals surface area contributed by atoms with Crippen LogP contribution in [0.15, 0.2) is 0 Å². The smallest absolute Gasteiger partial charge is 0.251 e. The fraction of sp³-hybridized carbons (Fsp3) is 0.933. The van der Waals surface area contributed by atoms with Crippen LogP contribution in [0, 0.1) is 5.92 Å². The third-order valence-electron chi connectivity index (χ3n) is 4.26. The molecular weight excluding hydrogens is 276 g/mol. The maximum Gasteiger partial charge on any atom is 0.251 e. The topological polar surface area (TPSA) is 55.6 Å². The van der Waals surface area contributed by atoms with Gasteiger partial charge in [-0.05, 0) is 31.6 Å². The van der Waals surface area contributed by atoms with E-state index in [9.17, 15) is 4.79 Å². The van der Waals surface area contributed by atoms with Crippen LogP contribution in [0.1, 0.15) is 52.4 Å². The van der Waals surface area contributed by atoms with E-state index in [1.807, 2.05) is 0 Å². The van der Waals surface area contributed by atoms with Crippen molar-refractivity contribution in [2.45, 2.75) is 70.6 Å². The number of halogens is 1. The van der Waals surface area contributed by atoms with E-state index < -0.39 is 0 Å². The molecule has 5 heteroatoms. The maximum atomic E-state index is 12.7. The summed E-state index contributed by atoms with van der Waals surface area (Å²) in [5, 5.41) is 0. The highest BCUT2D eigenvalue weighted by Gasteiger charge is 2.36. The van der Waals surface area contributed by atoms with Crippen LogP contribution in [0.5, 0.6) is 0 Å². The standard InChI is InChI=1S/C15H28N2O2.ClH/c1-11(2)10-17(12-5-3-4-6-12)15(18)14-8-7-13(9-16)19-14;/h11-14H,3-10,16H2,1-2H3;1H/t13-,14+;/m1./s1. The van der Waals surface area contributed by atoms with Gasteiger partial charge in [0, 0.05) is 19.1 Å². The van der Waals surface area contributed by atoms with Crippen molar-refractivity contribution >= 4 is 18.3 Å². The molecule has 1 aliphatic carbocycles. The molecule has 1 aliphatic heterocycles. The molecular formula is C15H29ClN2O2. The number of carbonyl (C=O) groups is 1. The Hall–Kier alpha value is -0.320. The van der Waals surface area contributed by atoms with Crippen LogP contribution in [0.4, 0.5) is 0 Å². The van der Waals surface area contributed by atoms with Crippen molar-refractivity contribution in [3.8, 4) is 0 Å². The van der Waals surface area contributed by atoms with Crippen LogP contribution in [0.3, 0.4) is 0 Å². The zero-order chi connectivity index (χ0) is 13.8. The minimum absolute atomic E-state index is 0. The lowest BCUT2D eigenvalue weighted by Crippen LogP contribution is -2.46. The number of carbonyl (C=O) groups excluding carboxylic acids is 1. The van der Waals surface area contributed by atoms with Crippen LogP contribution in [0.2, 0.25) is 0 Å². The van der Waals surface area contributed by atoms with E-state index in [0.29, 0.717) is 18.5 Å². The van der Waals surface area contributed by atoms with Crippen molar-refractivity contribution in [2.75, 3.05) is 13.1 Å². The number of hydrogen-bond acceptors (Lipinski definition) is 3. The van der Waals surface area contributed by atoms with Crippen LogP contribution in [-0.4, -0.2) is 42.1 Å². The van der Waals surface area contributed by atoms with Gasteiger partial charge in [0.25, 0.3) is 5.91 Å². The molecule has 2 aliphatic rings. The van der Waals surface area contributed by atoms with E-state index in [2.05, 4.69) is 18.7 Å². The molecule has 1 saturated carbocycles. The first-order valence-electron chi connectivity index (χ1n) is 7.77. The molecule has 1 saturated heterocycles. The van der Waals surface area contributed by atoms with Gasteiger partial charge in [-0.3, -0.25) is 4.79 Å². The van der Waals surface area contributed by atoms with E-state index >= 15 is 0 Å². The molecule has 0 aromatic carbocycles. The first-order valence-corrected chi connectivity index (χ1v) is 7.77. The number of nitrogens with two attached hydrogens (primary N) is 1. The summed E-state index contributed by atoms with van der Waals surface area (Å²) < 4.78 is 5.78. The number of rotatable bonds is 5. The molecule has 2 atom stereocenters. The fourth-order valence-corrected chi connectivity index (χ4v) is 3.27. The molecule has 0 spiro atoms. The van der Waals surface area contributed by atoms with Crippen LogP contribution < -0.4 is 5.73 Å². The van der Waals surface area contributed by atoms with Crippen molar-refractivity contribution in [1.29, 1.82) is 0 Å². The lowest BCUT2D eigenvalue weighted by Gasteiger charge is -2.32. The lowest BCUT2D eigenvalue weighted by atomic mass is 10.1. The van der Waals surface area contributed by atoms with Crippen LogP contribution in [-0.2, 0) is 9.53 Å². The van der Waals surface area contributed by atoms with E-state index in [4.69, 9.17) is 10.5 Å². The Balaban J connectivity index is 0.00000200. The predicted octanol–water partition coefficient (Wildman–Crippen LogP) is 2.34. The van der Waals surface area contributed by atoms with E-state index in [1.165, 1.54) is 12.8 Å². The summed E-state index contributed by atoms with van der Waals surface area (Å²) in [5.74, 6) is 0.716. The van der Waals surface area contributed by atoms with E-state index in [0.717, 1.165) is 32.2 Å². The highest BCUT2D eigenvalue weighted by atomic mass is 35.5. The second kappa shape index (κ2) is 8.20. The third-order valence-corrected chi connectivity index (χ3v) is 4.26. The Labute approximate surface area is 128 Å². The van der Waals surface area contributed by atoms with Crippen molar-refractivity contribution in [1.82, 2.24) is 4.90 Å². The van der Waals surface area contributed by atoms with Crippen molar-refractivity contribution in [3.63, 3.8) is 0 Å². The SMILES string of the molecule is CC(C)CN(C(=O)[C@@H]1CC[C@H](CN)O1)C1CCCC1.Cl. The Morgan fingerprint density at radius 3 is 2.40 bits per heavy atom. The molecule has 0 unspecified atom stereocenters. The molecule has 118 valence electrons. The molecule has 1 heterocycles. The van der Waals surface area contributed by atoms with Gasteiger partial charge in [0.1, 0.15) is 6.10 Å². The predicted molar refractivity (Wildman–Crippen MR) is 83.0 cm³/mol. The summed E-state index contributed by atoms with van der Waals surface area (Å²) in [7, 11) is 0. The molecule has 0 aromatic heterocycles. The minimum Gasteiger partial charge on any atom is -0.364 e. The first-order chi connectivity index (χ1) is 9.11. The molecule has 2 fully saturated rings. The largest absolute Gasteiger partial charge is 0.364 e. The van der Waals surface area contributed by atoms with Gasteiger partial charge in [-0.1, -0.05) is 26.7 Å². The van der Waals surface area contributed by atoms with Crippen LogP contribution in [0.25, 0.3) is 0 Å². The van der Waals surface area contributed by atoms with E-state index in [1.54, 1.807) is 0 Å². The number of hydrogen-bond donors (Lipinski definition) is 1. The van der Waals surface area contributed by atoms with Gasteiger partial charge in [-0.2, -0.15) is 0 Å². The summed E-state index contributed by atoms with van der Waals surface area (Å²) in [4.78, 5) is 14.8. The summed E-state index contributed by atoms with van der Waals surface area (Å²) in [5.41, 5.74) is 5.63. The summed E-state index contributed by atoms with van der Waals surface area (Å²) in [6.07, 6.45) is 6.42. The summed E-state index contributed by atoms with van der Waals surface area (Å²) >= 11 is 0. The van der Waals surface area contributed by atoms with Gasteiger partial charge >= 0.3 is 0 Å². The highest BCUT2D eigenvalue weighted by Crippen LogP contribution is 2.28. The van der Waals surface area contributed by atoms with Crippen molar-refractivity contribution in [3.05, 3.63) is 0 Å². The third kappa shape index (κ3) is 4.34. The van der Waals surface area contributed by atoms with E-state index in [-0.39, 0.29) is 30.5 Å². The summed E-state index contributed by atoms with van der Waals surface area (Å²) in [6.45, 7) is 5.73. The highest BCUT2D eigenvalue weighted by molar-refractivity contribution is 5.85. The number of amides is 1. The van der Waals surface area contributed by atoms with Gasteiger partial charge in [0.05, 0.1) is 6.10 Å². The Morgan fingerprint density at radius 1 is 1.25 bits per heavy atom. The Morgan fingerprint density at radius 2 is 1.90 bits per heavy atom. The average Bonchev–Trinajstić information content (AvgIpc) is 3.05. The maximum absolute atomic E-state index is 12.7. The Bertz CT molecular complexity index is 306. The lowest BCUT2D eigenvalue weighted by molar-refractivity contribution is -0.145. The second-order valence-electron chi connectivity index (χ2n) is 6.38. The molecule has 0 radical (unpaired) electrons. The summed E-state index contributed by atoms with van der Waals surface area (Å²) in [6, 6.07) is 0.440. The molecule has 1 amide bonds. The van der Waals surface area contributed by atoms with Gasteiger partial charge in [-0.15, -0.1) is 12.4 Å². The van der Waals surface area contributed by atoms with Crippen LogP contribution >= 0.6 is 12.4 Å². The zero-order valence-corrected chi connectivity index (χ0v) is 13.5. The molecule has 0 aromatic rings. The first kappa shape index (κ1) is 17.7. The van der Waals surface area contributed by atoms with Crippen molar-refractivity contribution < 1.29 is 9.53 Å². The Kier molecular flexibility index (Phi) is 7.27. The van der Waals surface area contributed by atoms with Gasteiger partial charge in [-0.25, -0.2) is 0 Å². The molecule has 0 bridgehead atoms. The monoisotopic (exact) mass is 304 g/mol. The van der Waals surface area contributed by atoms with Gasteiger partial charge in [0.15, 0.2) is 0 Å². The molecule has 20 heavy (non-hydrogen) atoms. The molecule has 2 rings (SSSR count). The van der Waals surface area contributed by atoms with Gasteiger partial charge < -0.3 is 15.4 Å². The van der Waals surface area contributed by atoms with Gasteiger partial charge in [0.2, 0.25) is 0 Å². The normalized spacial score (nSPS) is 26.8. The fourth-order valence-electron chi connectivity index (χ4n) is 3.27. The molecule has 4 nitrogen and oxygen atoms in total. The zero-order valence-electron chi connectivity index (χ0n) is 12.7. The second-order valence-corrected chi connectivity index (χ2v) is 6.38.